The van der Waals surface area contributed by atoms with Crippen molar-refractivity contribution >= 4 is 11.5 Å². The number of halogens is 1. The van der Waals surface area contributed by atoms with E-state index in [1.54, 1.807) is 0 Å². The molecule has 3 rings (SSSR count). The summed E-state index contributed by atoms with van der Waals surface area (Å²) >= 11 is 0. The van der Waals surface area contributed by atoms with Crippen LogP contribution in [0, 0.1) is 5.82 Å². The van der Waals surface area contributed by atoms with Crippen molar-refractivity contribution in [2.45, 2.75) is 13.0 Å². The van der Waals surface area contributed by atoms with Crippen molar-refractivity contribution in [3.8, 4) is 5.75 Å². The van der Waals surface area contributed by atoms with Crippen molar-refractivity contribution in [1.29, 1.82) is 0 Å². The lowest BCUT2D eigenvalue weighted by Gasteiger charge is -2.24. The lowest BCUT2D eigenvalue weighted by atomic mass is 10.2. The summed E-state index contributed by atoms with van der Waals surface area (Å²) in [5.74, 6) is 0.907. The molecule has 1 aliphatic rings. The molecule has 2 aromatic rings. The molecule has 1 aromatic heterocycles. The van der Waals surface area contributed by atoms with Gasteiger partial charge >= 0.3 is 0 Å². The van der Waals surface area contributed by atoms with Crippen molar-refractivity contribution in [2.75, 3.05) is 18.1 Å². The average Bonchev–Trinajstić information content (AvgIpc) is 2.69. The van der Waals surface area contributed by atoms with Gasteiger partial charge in [-0.1, -0.05) is 12.1 Å². The number of aliphatic hydroxyl groups excluding tert-OH is 1. The molecule has 0 amide bonds. The monoisotopic (exact) mass is 274 g/mol. The minimum absolute atomic E-state index is 0.250. The van der Waals surface area contributed by atoms with E-state index in [-0.39, 0.29) is 6.61 Å². The van der Waals surface area contributed by atoms with Gasteiger partial charge in [0.05, 0.1) is 25.1 Å². The van der Waals surface area contributed by atoms with E-state index in [0.717, 1.165) is 17.9 Å². The van der Waals surface area contributed by atoms with Crippen molar-refractivity contribution in [2.24, 2.45) is 0 Å². The van der Waals surface area contributed by atoms with Gasteiger partial charge in [-0.05, 0) is 24.6 Å². The summed E-state index contributed by atoms with van der Waals surface area (Å²) in [4.78, 5) is 6.11. The number of aromatic nitrogens is 1. The normalized spacial score (nSPS) is 14.4. The number of fused-ring (bicyclic) bond motifs is 1. The van der Waals surface area contributed by atoms with Crippen LogP contribution in [0.1, 0.15) is 12.0 Å². The Kier molecular flexibility index (Phi) is 3.52. The number of hydrogen-bond acceptors (Lipinski definition) is 4. The topological polar surface area (TPSA) is 45.6 Å². The zero-order chi connectivity index (χ0) is 13.9. The fraction of sp³-hybridized carbons (Fsp3) is 0.267. The van der Waals surface area contributed by atoms with Crippen LogP contribution in [0.3, 0.4) is 0 Å². The molecule has 4 nitrogen and oxygen atoms in total. The Hall–Kier alpha value is -2.14. The third-order valence-electron chi connectivity index (χ3n) is 3.28. The molecule has 0 bridgehead atoms. The molecular formula is C15H15FN2O2. The van der Waals surface area contributed by atoms with Gasteiger partial charge in [0, 0.05) is 12.1 Å². The van der Waals surface area contributed by atoms with E-state index in [1.165, 1.54) is 12.3 Å². The van der Waals surface area contributed by atoms with E-state index >= 15 is 0 Å². The first-order chi connectivity index (χ1) is 9.79. The highest BCUT2D eigenvalue weighted by Crippen LogP contribution is 2.36. The number of ether oxygens (including phenoxy) is 1. The SMILES string of the molecule is OCc1cc(F)cnc1N1CCCOc2ccccc21. The number of anilines is 2. The van der Waals surface area contributed by atoms with Crippen LogP contribution in [-0.4, -0.2) is 23.2 Å². The molecule has 0 saturated carbocycles. The number of benzene rings is 1. The maximum absolute atomic E-state index is 13.3. The maximum atomic E-state index is 13.3. The smallest absolute Gasteiger partial charge is 0.142 e. The first-order valence-corrected chi connectivity index (χ1v) is 6.54. The molecule has 1 N–H and O–H groups in total. The molecule has 2 heterocycles. The van der Waals surface area contributed by atoms with Crippen molar-refractivity contribution in [1.82, 2.24) is 4.98 Å². The molecule has 0 radical (unpaired) electrons. The Morgan fingerprint density at radius 2 is 2.20 bits per heavy atom. The molecule has 0 atom stereocenters. The van der Waals surface area contributed by atoms with Crippen LogP contribution in [0.2, 0.25) is 0 Å². The van der Waals surface area contributed by atoms with Gasteiger partial charge in [-0.2, -0.15) is 0 Å². The standard InChI is InChI=1S/C15H15FN2O2/c16-12-8-11(10-19)15(17-9-12)18-6-3-7-20-14-5-2-1-4-13(14)18/h1-2,4-5,8-9,19H,3,6-7,10H2. The van der Waals surface area contributed by atoms with Gasteiger partial charge in [-0.3, -0.25) is 0 Å². The molecule has 0 saturated heterocycles. The van der Waals surface area contributed by atoms with Crippen LogP contribution in [0.4, 0.5) is 15.9 Å². The second-order valence-corrected chi connectivity index (χ2v) is 4.62. The van der Waals surface area contributed by atoms with Crippen LogP contribution >= 0.6 is 0 Å². The summed E-state index contributed by atoms with van der Waals surface area (Å²) in [7, 11) is 0. The van der Waals surface area contributed by atoms with Gasteiger partial charge in [-0.15, -0.1) is 0 Å². The van der Waals surface area contributed by atoms with Crippen molar-refractivity contribution in [3.63, 3.8) is 0 Å². The summed E-state index contributed by atoms with van der Waals surface area (Å²) in [5.41, 5.74) is 1.36. The van der Waals surface area contributed by atoms with Crippen molar-refractivity contribution < 1.29 is 14.2 Å². The highest BCUT2D eigenvalue weighted by atomic mass is 19.1. The summed E-state index contributed by atoms with van der Waals surface area (Å²) in [5, 5.41) is 9.43. The van der Waals surface area contributed by atoms with Crippen LogP contribution < -0.4 is 9.64 Å². The number of nitrogens with zero attached hydrogens (tertiary/aromatic N) is 2. The second-order valence-electron chi connectivity index (χ2n) is 4.62. The number of aliphatic hydroxyl groups is 1. The lowest BCUT2D eigenvalue weighted by molar-refractivity contribution is 0.281. The van der Waals surface area contributed by atoms with E-state index in [1.807, 2.05) is 29.2 Å². The molecule has 0 aliphatic carbocycles. The minimum atomic E-state index is -0.447. The van der Waals surface area contributed by atoms with E-state index in [0.29, 0.717) is 24.5 Å². The fourth-order valence-corrected chi connectivity index (χ4v) is 2.38. The third kappa shape index (κ3) is 2.32. The average molecular weight is 274 g/mol. The molecule has 0 fully saturated rings. The zero-order valence-corrected chi connectivity index (χ0v) is 10.9. The Morgan fingerprint density at radius 1 is 1.35 bits per heavy atom. The molecule has 0 unspecified atom stereocenters. The highest BCUT2D eigenvalue weighted by molar-refractivity contribution is 5.69. The summed E-state index contributed by atoms with van der Waals surface area (Å²) in [6.07, 6.45) is 2.00. The van der Waals surface area contributed by atoms with Gasteiger partial charge in [0.15, 0.2) is 0 Å². The fourth-order valence-electron chi connectivity index (χ4n) is 2.38. The zero-order valence-electron chi connectivity index (χ0n) is 10.9. The Labute approximate surface area is 116 Å². The van der Waals surface area contributed by atoms with Crippen LogP contribution in [-0.2, 0) is 6.61 Å². The lowest BCUT2D eigenvalue weighted by Crippen LogP contribution is -2.20. The predicted molar refractivity (Wildman–Crippen MR) is 73.7 cm³/mol. The molecule has 1 aromatic carbocycles. The van der Waals surface area contributed by atoms with Crippen molar-refractivity contribution in [3.05, 3.63) is 47.9 Å². The van der Waals surface area contributed by atoms with Crippen LogP contribution in [0.15, 0.2) is 36.5 Å². The minimum Gasteiger partial charge on any atom is -0.491 e. The number of para-hydroxylation sites is 2. The van der Waals surface area contributed by atoms with Gasteiger partial charge in [0.2, 0.25) is 0 Å². The molecule has 20 heavy (non-hydrogen) atoms. The van der Waals surface area contributed by atoms with E-state index in [2.05, 4.69) is 4.98 Å². The molecule has 1 aliphatic heterocycles. The summed E-state index contributed by atoms with van der Waals surface area (Å²) < 4.78 is 19.0. The molecule has 5 heteroatoms. The first kappa shape index (κ1) is 12.9. The number of pyridine rings is 1. The molecule has 104 valence electrons. The summed E-state index contributed by atoms with van der Waals surface area (Å²) in [6, 6.07) is 8.98. The first-order valence-electron chi connectivity index (χ1n) is 6.54. The Bertz CT molecular complexity index is 619. The largest absolute Gasteiger partial charge is 0.491 e. The predicted octanol–water partition coefficient (Wildman–Crippen LogP) is 2.63. The highest BCUT2D eigenvalue weighted by Gasteiger charge is 2.20. The molecule has 0 spiro atoms. The Morgan fingerprint density at radius 3 is 3.05 bits per heavy atom. The van der Waals surface area contributed by atoms with Gasteiger partial charge in [0.25, 0.3) is 0 Å². The van der Waals surface area contributed by atoms with E-state index in [4.69, 9.17) is 4.74 Å². The quantitative estimate of drug-likeness (QED) is 0.914. The van der Waals surface area contributed by atoms with E-state index in [9.17, 15) is 9.50 Å². The van der Waals surface area contributed by atoms with Gasteiger partial charge in [-0.25, -0.2) is 9.37 Å². The number of rotatable bonds is 2. The number of hydrogen-bond donors (Lipinski definition) is 1. The third-order valence-corrected chi connectivity index (χ3v) is 3.28. The molecular weight excluding hydrogens is 259 g/mol. The van der Waals surface area contributed by atoms with Crippen LogP contribution in [0.5, 0.6) is 5.75 Å². The summed E-state index contributed by atoms with van der Waals surface area (Å²) in [6.45, 7) is 1.09. The van der Waals surface area contributed by atoms with Gasteiger partial charge in [0.1, 0.15) is 17.4 Å². The van der Waals surface area contributed by atoms with E-state index < -0.39 is 5.82 Å². The van der Waals surface area contributed by atoms with Gasteiger partial charge < -0.3 is 14.7 Å². The van der Waals surface area contributed by atoms with Crippen LogP contribution in [0.25, 0.3) is 0 Å². The second kappa shape index (κ2) is 5.46. The maximum Gasteiger partial charge on any atom is 0.142 e. The Balaban J connectivity index is 2.10.